The van der Waals surface area contributed by atoms with Crippen LogP contribution in [0.25, 0.3) is 0 Å². The van der Waals surface area contributed by atoms with E-state index >= 15 is 0 Å². The Balaban J connectivity index is 3.75. The van der Waals surface area contributed by atoms with Gasteiger partial charge >= 0.3 is 11.9 Å². The zero-order chi connectivity index (χ0) is 11.8. The van der Waals surface area contributed by atoms with E-state index in [1.807, 2.05) is 6.92 Å². The molecule has 0 aromatic carbocycles. The normalized spacial score (nSPS) is 13.1. The summed E-state index contributed by atoms with van der Waals surface area (Å²) in [6.07, 6.45) is 2.68. The van der Waals surface area contributed by atoms with E-state index in [9.17, 15) is 9.59 Å². The molecule has 1 N–H and O–H groups in total. The molecule has 0 amide bonds. The van der Waals surface area contributed by atoms with E-state index in [-0.39, 0.29) is 0 Å². The van der Waals surface area contributed by atoms with E-state index in [0.717, 1.165) is 18.6 Å². The van der Waals surface area contributed by atoms with Crippen molar-refractivity contribution in [2.75, 3.05) is 6.61 Å². The van der Waals surface area contributed by atoms with Crippen LogP contribution in [0.5, 0.6) is 0 Å². The molecule has 0 heterocycles. The largest absolute Gasteiger partial charge is 0.478 e. The Labute approximate surface area is 89.9 Å². The molecule has 0 radical (unpaired) electrons. The van der Waals surface area contributed by atoms with Gasteiger partial charge in [-0.1, -0.05) is 20.8 Å². The number of aliphatic carboxylic acids is 1. The quantitative estimate of drug-likeness (QED) is 0.541. The Kier molecular flexibility index (Phi) is 6.42. The molecule has 0 saturated heterocycles. The monoisotopic (exact) mass is 214 g/mol. The van der Waals surface area contributed by atoms with Crippen LogP contribution >= 0.6 is 0 Å². The fourth-order valence-electron chi connectivity index (χ4n) is 1.28. The fourth-order valence-corrected chi connectivity index (χ4v) is 1.28. The molecule has 1 atom stereocenters. The van der Waals surface area contributed by atoms with Crippen molar-refractivity contribution in [2.24, 2.45) is 11.8 Å². The number of ether oxygens (including phenoxy) is 1. The lowest BCUT2D eigenvalue weighted by Crippen LogP contribution is -2.12. The maximum absolute atomic E-state index is 11.0. The summed E-state index contributed by atoms with van der Waals surface area (Å²) < 4.78 is 4.87. The van der Waals surface area contributed by atoms with Gasteiger partial charge in [0.05, 0.1) is 6.61 Å². The molecule has 4 nitrogen and oxygen atoms in total. The third-order valence-corrected chi connectivity index (χ3v) is 1.75. The summed E-state index contributed by atoms with van der Waals surface area (Å²) in [7, 11) is 0. The molecular weight excluding hydrogens is 196 g/mol. The van der Waals surface area contributed by atoms with Crippen LogP contribution in [0.2, 0.25) is 0 Å². The van der Waals surface area contributed by atoms with Gasteiger partial charge in [-0.15, -0.1) is 0 Å². The van der Waals surface area contributed by atoms with Crippen LogP contribution in [0.1, 0.15) is 27.2 Å². The van der Waals surface area contributed by atoms with Crippen molar-refractivity contribution in [1.29, 1.82) is 0 Å². The first-order valence-electron chi connectivity index (χ1n) is 4.99. The summed E-state index contributed by atoms with van der Waals surface area (Å²) in [5.74, 6) is -0.893. The third-order valence-electron chi connectivity index (χ3n) is 1.75. The average molecular weight is 214 g/mol. The molecule has 0 spiro atoms. The summed E-state index contributed by atoms with van der Waals surface area (Å²) in [5.41, 5.74) is 0. The summed E-state index contributed by atoms with van der Waals surface area (Å²) in [6.45, 7) is 6.53. The molecule has 0 aliphatic heterocycles. The first-order valence-corrected chi connectivity index (χ1v) is 4.99. The second-order valence-electron chi connectivity index (χ2n) is 4.04. The van der Waals surface area contributed by atoms with E-state index < -0.39 is 11.9 Å². The Morgan fingerprint density at radius 1 is 1.27 bits per heavy atom. The van der Waals surface area contributed by atoms with E-state index in [2.05, 4.69) is 13.8 Å². The molecule has 0 bridgehead atoms. The van der Waals surface area contributed by atoms with Gasteiger partial charge in [-0.05, 0) is 18.3 Å². The van der Waals surface area contributed by atoms with Crippen molar-refractivity contribution >= 4 is 11.9 Å². The van der Waals surface area contributed by atoms with Crippen molar-refractivity contribution in [3.05, 3.63) is 12.2 Å². The van der Waals surface area contributed by atoms with Crippen molar-refractivity contribution in [3.63, 3.8) is 0 Å². The van der Waals surface area contributed by atoms with E-state index in [1.165, 1.54) is 0 Å². The standard InChI is InChI=1S/C11H18O4/c1-8(2)6-9(3)7-15-11(14)5-4-10(12)13/h4-5,8-9H,6-7H2,1-3H3,(H,12,13)/b5-4+. The Bertz CT molecular complexity index is 243. The molecule has 0 rings (SSSR count). The number of esters is 1. The Hall–Kier alpha value is -1.32. The second kappa shape index (κ2) is 7.04. The fraction of sp³-hybridized carbons (Fsp3) is 0.636. The number of carbonyl (C=O) groups excluding carboxylic acids is 1. The van der Waals surface area contributed by atoms with Crippen LogP contribution in [0.4, 0.5) is 0 Å². The zero-order valence-corrected chi connectivity index (χ0v) is 9.40. The SMILES string of the molecule is CC(C)CC(C)COC(=O)/C=C/C(=O)O. The van der Waals surface area contributed by atoms with Crippen LogP contribution in [-0.4, -0.2) is 23.7 Å². The highest BCUT2D eigenvalue weighted by Gasteiger charge is 2.07. The van der Waals surface area contributed by atoms with Gasteiger partial charge in [0.1, 0.15) is 0 Å². The molecule has 0 aliphatic rings. The van der Waals surface area contributed by atoms with Crippen molar-refractivity contribution < 1.29 is 19.4 Å². The summed E-state index contributed by atoms with van der Waals surface area (Å²) in [5, 5.41) is 8.26. The maximum Gasteiger partial charge on any atom is 0.331 e. The number of hydrogen-bond acceptors (Lipinski definition) is 3. The predicted molar refractivity (Wildman–Crippen MR) is 56.4 cm³/mol. The molecule has 0 saturated carbocycles. The number of carboxylic acid groups (broad SMARTS) is 1. The van der Waals surface area contributed by atoms with Crippen LogP contribution in [0.15, 0.2) is 12.2 Å². The van der Waals surface area contributed by atoms with Gasteiger partial charge in [-0.25, -0.2) is 9.59 Å². The van der Waals surface area contributed by atoms with Crippen molar-refractivity contribution in [3.8, 4) is 0 Å². The minimum Gasteiger partial charge on any atom is -0.478 e. The van der Waals surface area contributed by atoms with E-state index in [1.54, 1.807) is 0 Å². The number of rotatable bonds is 6. The van der Waals surface area contributed by atoms with Crippen LogP contribution in [-0.2, 0) is 14.3 Å². The predicted octanol–water partition coefficient (Wildman–Crippen LogP) is 1.85. The number of carboxylic acids is 1. The van der Waals surface area contributed by atoms with Gasteiger partial charge in [0.25, 0.3) is 0 Å². The number of hydrogen-bond donors (Lipinski definition) is 1. The topological polar surface area (TPSA) is 63.6 Å². The molecule has 4 heteroatoms. The highest BCUT2D eigenvalue weighted by molar-refractivity contribution is 5.90. The van der Waals surface area contributed by atoms with Crippen LogP contribution < -0.4 is 0 Å². The molecule has 0 aromatic rings. The van der Waals surface area contributed by atoms with E-state index in [0.29, 0.717) is 18.4 Å². The first kappa shape index (κ1) is 13.7. The van der Waals surface area contributed by atoms with Crippen LogP contribution in [0, 0.1) is 11.8 Å². The molecule has 1 unspecified atom stereocenters. The molecular formula is C11H18O4. The zero-order valence-electron chi connectivity index (χ0n) is 9.40. The van der Waals surface area contributed by atoms with Gasteiger partial charge in [0.2, 0.25) is 0 Å². The summed E-state index contributed by atoms with van der Waals surface area (Å²) >= 11 is 0. The van der Waals surface area contributed by atoms with E-state index in [4.69, 9.17) is 9.84 Å². The number of carbonyl (C=O) groups is 2. The molecule has 0 fully saturated rings. The Morgan fingerprint density at radius 3 is 2.33 bits per heavy atom. The second-order valence-corrected chi connectivity index (χ2v) is 4.04. The highest BCUT2D eigenvalue weighted by Crippen LogP contribution is 2.10. The molecule has 0 aromatic heterocycles. The lowest BCUT2D eigenvalue weighted by Gasteiger charge is -2.13. The van der Waals surface area contributed by atoms with Gasteiger partial charge in [-0.2, -0.15) is 0 Å². The third kappa shape index (κ3) is 9.00. The smallest absolute Gasteiger partial charge is 0.331 e. The summed E-state index contributed by atoms with van der Waals surface area (Å²) in [4.78, 5) is 21.1. The van der Waals surface area contributed by atoms with Gasteiger partial charge in [0.15, 0.2) is 0 Å². The Morgan fingerprint density at radius 2 is 1.87 bits per heavy atom. The summed E-state index contributed by atoms with van der Waals surface area (Å²) in [6, 6.07) is 0. The molecule has 86 valence electrons. The first-order chi connectivity index (χ1) is 6.91. The minimum atomic E-state index is -1.15. The average Bonchev–Trinajstić information content (AvgIpc) is 2.10. The van der Waals surface area contributed by atoms with Crippen molar-refractivity contribution in [2.45, 2.75) is 27.2 Å². The highest BCUT2D eigenvalue weighted by atomic mass is 16.5. The lowest BCUT2D eigenvalue weighted by atomic mass is 10.00. The van der Waals surface area contributed by atoms with Crippen molar-refractivity contribution in [1.82, 2.24) is 0 Å². The molecule has 15 heavy (non-hydrogen) atoms. The van der Waals surface area contributed by atoms with Gasteiger partial charge in [-0.3, -0.25) is 0 Å². The lowest BCUT2D eigenvalue weighted by molar-refractivity contribution is -0.140. The van der Waals surface area contributed by atoms with Crippen LogP contribution in [0.3, 0.4) is 0 Å². The minimum absolute atomic E-state index is 0.298. The van der Waals surface area contributed by atoms with Gasteiger partial charge < -0.3 is 9.84 Å². The maximum atomic E-state index is 11.0. The van der Waals surface area contributed by atoms with Gasteiger partial charge in [0, 0.05) is 12.2 Å². The molecule has 0 aliphatic carbocycles.